The summed E-state index contributed by atoms with van der Waals surface area (Å²) in [6, 6.07) is 10.4. The fraction of sp³-hybridized carbons (Fsp3) is 0.500. The predicted octanol–water partition coefficient (Wildman–Crippen LogP) is 1.06. The molecule has 0 atom stereocenters. The second-order valence-electron chi connectivity index (χ2n) is 6.67. The molecular weight excluding hydrogens is 352 g/mol. The van der Waals surface area contributed by atoms with Crippen molar-refractivity contribution in [3.63, 3.8) is 0 Å². The van der Waals surface area contributed by atoms with Gasteiger partial charge in [-0.2, -0.15) is 17.0 Å². The average Bonchev–Trinajstić information content (AvgIpc) is 3.10. The van der Waals surface area contributed by atoms with Gasteiger partial charge < -0.3 is 9.30 Å². The highest BCUT2D eigenvalue weighted by Crippen LogP contribution is 2.23. The molecule has 26 heavy (non-hydrogen) atoms. The maximum atomic E-state index is 12.8. The van der Waals surface area contributed by atoms with Crippen LogP contribution in [0.25, 0.3) is 0 Å². The Hall–Kier alpha value is -1.74. The molecule has 1 aromatic heterocycles. The molecule has 0 N–H and O–H groups in total. The van der Waals surface area contributed by atoms with Crippen LogP contribution >= 0.6 is 0 Å². The number of hydrogen-bond donors (Lipinski definition) is 0. The Balaban J connectivity index is 1.44. The zero-order valence-corrected chi connectivity index (χ0v) is 15.6. The van der Waals surface area contributed by atoms with E-state index in [4.69, 9.17) is 4.74 Å². The summed E-state index contributed by atoms with van der Waals surface area (Å²) >= 11 is 0. The van der Waals surface area contributed by atoms with E-state index in [1.807, 2.05) is 24.5 Å². The number of rotatable bonds is 5. The van der Waals surface area contributed by atoms with E-state index in [1.165, 1.54) is 9.87 Å². The Morgan fingerprint density at radius 3 is 2.58 bits per heavy atom. The van der Waals surface area contributed by atoms with Gasteiger partial charge in [0.1, 0.15) is 0 Å². The van der Waals surface area contributed by atoms with Gasteiger partial charge in [0.2, 0.25) is 0 Å². The number of imidazole rings is 1. The van der Waals surface area contributed by atoms with Crippen LogP contribution in [-0.4, -0.2) is 59.4 Å². The number of nitrogens with zero attached hydrogens (tertiary/aromatic N) is 4. The molecule has 0 aliphatic carbocycles. The van der Waals surface area contributed by atoms with E-state index < -0.39 is 10.2 Å². The van der Waals surface area contributed by atoms with Gasteiger partial charge in [-0.3, -0.25) is 0 Å². The van der Waals surface area contributed by atoms with Crippen molar-refractivity contribution in [2.24, 2.45) is 0 Å². The molecule has 140 valence electrons. The molecule has 0 radical (unpaired) electrons. The topological polar surface area (TPSA) is 67.7 Å². The molecule has 4 rings (SSSR count). The van der Waals surface area contributed by atoms with Gasteiger partial charge in [0.05, 0.1) is 31.8 Å². The summed E-state index contributed by atoms with van der Waals surface area (Å²) in [5.41, 5.74) is 3.33. The highest BCUT2D eigenvalue weighted by Gasteiger charge is 2.34. The maximum absolute atomic E-state index is 12.8. The van der Waals surface area contributed by atoms with Gasteiger partial charge in [-0.15, -0.1) is 0 Å². The predicted molar refractivity (Wildman–Crippen MR) is 97.8 cm³/mol. The van der Waals surface area contributed by atoms with Crippen LogP contribution in [0, 0.1) is 0 Å². The van der Waals surface area contributed by atoms with Crippen LogP contribution in [0.5, 0.6) is 0 Å². The third-order valence-corrected chi connectivity index (χ3v) is 7.05. The van der Waals surface area contributed by atoms with Gasteiger partial charge in [-0.05, 0) is 12.0 Å². The van der Waals surface area contributed by atoms with Crippen molar-refractivity contribution in [3.05, 3.63) is 53.6 Å². The fourth-order valence-electron chi connectivity index (χ4n) is 3.57. The third kappa shape index (κ3) is 3.55. The molecule has 0 saturated carbocycles. The van der Waals surface area contributed by atoms with E-state index in [0.717, 1.165) is 24.4 Å². The molecule has 1 aromatic carbocycles. The zero-order valence-electron chi connectivity index (χ0n) is 14.7. The van der Waals surface area contributed by atoms with E-state index >= 15 is 0 Å². The summed E-state index contributed by atoms with van der Waals surface area (Å²) < 4.78 is 36.2. The molecule has 1 fully saturated rings. The van der Waals surface area contributed by atoms with Crippen molar-refractivity contribution < 1.29 is 13.2 Å². The summed E-state index contributed by atoms with van der Waals surface area (Å²) in [5, 5.41) is 0. The molecule has 0 amide bonds. The van der Waals surface area contributed by atoms with Crippen LogP contribution in [0.3, 0.4) is 0 Å². The van der Waals surface area contributed by atoms with Crippen molar-refractivity contribution in [3.8, 4) is 0 Å². The lowest BCUT2D eigenvalue weighted by atomic mass is 10.1. The summed E-state index contributed by atoms with van der Waals surface area (Å²) in [5.74, 6) is 0. The zero-order chi connectivity index (χ0) is 18.0. The van der Waals surface area contributed by atoms with Gasteiger partial charge in [-0.25, -0.2) is 4.98 Å². The maximum Gasteiger partial charge on any atom is 0.282 e. The van der Waals surface area contributed by atoms with Gasteiger partial charge in [0, 0.05) is 38.3 Å². The fourth-order valence-corrected chi connectivity index (χ4v) is 5.12. The first-order valence-electron chi connectivity index (χ1n) is 9.04. The van der Waals surface area contributed by atoms with Crippen LogP contribution in [0.2, 0.25) is 0 Å². The minimum Gasteiger partial charge on any atom is -0.379 e. The Labute approximate surface area is 154 Å². The molecule has 2 aliphatic heterocycles. The lowest BCUT2D eigenvalue weighted by Crippen LogP contribution is -2.49. The monoisotopic (exact) mass is 376 g/mol. The van der Waals surface area contributed by atoms with E-state index in [-0.39, 0.29) is 0 Å². The molecule has 8 heteroatoms. The lowest BCUT2D eigenvalue weighted by molar-refractivity contribution is 0.0698. The normalized spacial score (nSPS) is 19.4. The summed E-state index contributed by atoms with van der Waals surface area (Å²) in [7, 11) is -3.44. The van der Waals surface area contributed by atoms with Crippen LogP contribution in [0.15, 0.2) is 36.7 Å². The van der Waals surface area contributed by atoms with Gasteiger partial charge in [0.15, 0.2) is 0 Å². The molecule has 7 nitrogen and oxygen atoms in total. The minimum atomic E-state index is -3.44. The Bertz CT molecular complexity index is 845. The Kier molecular flexibility index (Phi) is 5.08. The molecule has 0 spiro atoms. The second-order valence-corrected chi connectivity index (χ2v) is 8.60. The lowest BCUT2D eigenvalue weighted by Gasteiger charge is -2.33. The van der Waals surface area contributed by atoms with Crippen LogP contribution < -0.4 is 0 Å². The first-order valence-corrected chi connectivity index (χ1v) is 10.4. The number of benzene rings is 1. The largest absolute Gasteiger partial charge is 0.379 e. The molecule has 3 heterocycles. The average molecular weight is 376 g/mol. The highest BCUT2D eigenvalue weighted by atomic mass is 32.2. The van der Waals surface area contributed by atoms with Crippen molar-refractivity contribution in [2.75, 3.05) is 32.8 Å². The van der Waals surface area contributed by atoms with E-state index in [9.17, 15) is 8.42 Å². The van der Waals surface area contributed by atoms with Crippen molar-refractivity contribution in [1.29, 1.82) is 0 Å². The summed E-state index contributed by atoms with van der Waals surface area (Å²) in [6.07, 6.45) is 3.49. The molecular formula is C18H24N4O3S. The number of aromatic nitrogens is 2. The van der Waals surface area contributed by atoms with Gasteiger partial charge >= 0.3 is 0 Å². The molecule has 0 unspecified atom stereocenters. The molecule has 2 aliphatic rings. The number of morpholine rings is 1. The summed E-state index contributed by atoms with van der Waals surface area (Å²) in [4.78, 5) is 4.49. The van der Waals surface area contributed by atoms with E-state index in [2.05, 4.69) is 21.7 Å². The quantitative estimate of drug-likeness (QED) is 0.783. The van der Waals surface area contributed by atoms with Crippen LogP contribution in [0.1, 0.15) is 17.0 Å². The van der Waals surface area contributed by atoms with E-state index in [0.29, 0.717) is 45.8 Å². The minimum absolute atomic E-state index is 0.355. The first kappa shape index (κ1) is 17.7. The van der Waals surface area contributed by atoms with Crippen molar-refractivity contribution in [2.45, 2.75) is 25.9 Å². The summed E-state index contributed by atoms with van der Waals surface area (Å²) in [6.45, 7) is 3.51. The Morgan fingerprint density at radius 1 is 1.04 bits per heavy atom. The van der Waals surface area contributed by atoms with Crippen LogP contribution in [0.4, 0.5) is 0 Å². The molecule has 2 aromatic rings. The van der Waals surface area contributed by atoms with Gasteiger partial charge in [-0.1, -0.05) is 30.3 Å². The third-order valence-electron chi connectivity index (χ3n) is 5.06. The van der Waals surface area contributed by atoms with Gasteiger partial charge in [0.25, 0.3) is 10.2 Å². The molecule has 1 saturated heterocycles. The highest BCUT2D eigenvalue weighted by molar-refractivity contribution is 7.86. The van der Waals surface area contributed by atoms with Crippen LogP contribution in [-0.2, 0) is 40.9 Å². The molecule has 0 bridgehead atoms. The number of fused-ring (bicyclic) bond motifs is 1. The van der Waals surface area contributed by atoms with E-state index in [1.54, 1.807) is 4.31 Å². The number of aryl methyl sites for hydroxylation is 2. The Morgan fingerprint density at radius 2 is 1.81 bits per heavy atom. The van der Waals surface area contributed by atoms with Crippen molar-refractivity contribution >= 4 is 10.2 Å². The number of ether oxygens (including phenoxy) is 1. The second kappa shape index (κ2) is 7.48. The van der Waals surface area contributed by atoms with Crippen molar-refractivity contribution in [1.82, 2.24) is 18.2 Å². The SMILES string of the molecule is O=S(=O)(N1CCOCC1)N1CCc2c(ncn2CCc2ccccc2)C1. The first-order chi connectivity index (χ1) is 12.6. The number of hydrogen-bond acceptors (Lipinski definition) is 4. The standard InChI is InChI=1S/C18H24N4O3S/c23-26(24,21-10-12-25-13-11-21)22-9-7-18-17(14-22)19-15-20(18)8-6-16-4-2-1-3-5-16/h1-5,15H,6-14H2. The smallest absolute Gasteiger partial charge is 0.282 e.